The quantitative estimate of drug-likeness (QED) is 0.530. The molecule has 0 bridgehead atoms. The number of carbonyl (C=O) groups is 1. The second kappa shape index (κ2) is 8.43. The lowest BCUT2D eigenvalue weighted by molar-refractivity contribution is 0.0935. The highest BCUT2D eigenvalue weighted by molar-refractivity contribution is 9.10. The van der Waals surface area contributed by atoms with Crippen molar-refractivity contribution in [1.29, 1.82) is 0 Å². The van der Waals surface area contributed by atoms with Crippen LogP contribution in [0.5, 0.6) is 0 Å². The number of ether oxygens (including phenoxy) is 1. The molecule has 17 heavy (non-hydrogen) atoms. The highest BCUT2D eigenvalue weighted by atomic mass is 79.9. The summed E-state index contributed by atoms with van der Waals surface area (Å²) in [7, 11) is 0. The van der Waals surface area contributed by atoms with Gasteiger partial charge in [0.25, 0.3) is 0 Å². The maximum atomic E-state index is 11.8. The molecule has 0 aromatic heterocycles. The van der Waals surface area contributed by atoms with Gasteiger partial charge in [-0.25, -0.2) is 0 Å². The largest absolute Gasteiger partial charge is 0.381 e. The zero-order chi connectivity index (χ0) is 12.5. The van der Waals surface area contributed by atoms with Gasteiger partial charge in [0.1, 0.15) is 0 Å². The molecule has 0 N–H and O–H groups in total. The summed E-state index contributed by atoms with van der Waals surface area (Å²) >= 11 is 3.35. The van der Waals surface area contributed by atoms with E-state index in [9.17, 15) is 4.79 Å². The van der Waals surface area contributed by atoms with Crippen LogP contribution in [0.25, 0.3) is 0 Å². The number of hydrogen-bond acceptors (Lipinski definition) is 2. The lowest BCUT2D eigenvalue weighted by atomic mass is 10.1. The predicted octanol–water partition coefficient (Wildman–Crippen LogP) is 4.23. The average Bonchev–Trinajstić information content (AvgIpc) is 2.34. The first-order valence-electron chi connectivity index (χ1n) is 6.10. The van der Waals surface area contributed by atoms with E-state index in [1.54, 1.807) is 0 Å². The molecular formula is C14H19BrO2. The van der Waals surface area contributed by atoms with Gasteiger partial charge < -0.3 is 4.74 Å². The van der Waals surface area contributed by atoms with E-state index < -0.39 is 0 Å². The second-order valence-electron chi connectivity index (χ2n) is 4.00. The van der Waals surface area contributed by atoms with Crippen LogP contribution in [-0.4, -0.2) is 19.0 Å². The van der Waals surface area contributed by atoms with E-state index >= 15 is 0 Å². The van der Waals surface area contributed by atoms with Crippen LogP contribution < -0.4 is 0 Å². The Morgan fingerprint density at radius 3 is 2.47 bits per heavy atom. The Morgan fingerprint density at radius 1 is 1.18 bits per heavy atom. The summed E-state index contributed by atoms with van der Waals surface area (Å²) < 4.78 is 6.42. The number of Topliss-reactive ketones (excluding diaryl/α,β-unsaturated/α-hetero) is 1. The molecule has 2 nitrogen and oxygen atoms in total. The van der Waals surface area contributed by atoms with E-state index in [1.807, 2.05) is 24.3 Å². The summed E-state index contributed by atoms with van der Waals surface area (Å²) in [4.78, 5) is 11.8. The molecule has 0 aliphatic carbocycles. The summed E-state index contributed by atoms with van der Waals surface area (Å²) in [6.45, 7) is 3.63. The number of carbonyl (C=O) groups excluding carboxylic acids is 1. The Hall–Kier alpha value is -0.670. The van der Waals surface area contributed by atoms with Crippen LogP contribution in [0, 0.1) is 0 Å². The topological polar surface area (TPSA) is 26.3 Å². The van der Waals surface area contributed by atoms with E-state index in [2.05, 4.69) is 22.9 Å². The first kappa shape index (κ1) is 14.4. The van der Waals surface area contributed by atoms with Gasteiger partial charge in [0.05, 0.1) is 0 Å². The van der Waals surface area contributed by atoms with Crippen molar-refractivity contribution >= 4 is 21.7 Å². The van der Waals surface area contributed by atoms with Gasteiger partial charge in [-0.2, -0.15) is 0 Å². The molecule has 0 radical (unpaired) electrons. The lowest BCUT2D eigenvalue weighted by Crippen LogP contribution is -2.03. The van der Waals surface area contributed by atoms with Crippen molar-refractivity contribution in [2.24, 2.45) is 0 Å². The van der Waals surface area contributed by atoms with Crippen molar-refractivity contribution in [3.05, 3.63) is 34.3 Å². The van der Waals surface area contributed by atoms with Gasteiger partial charge in [-0.05, 0) is 25.0 Å². The molecule has 0 atom stereocenters. The summed E-state index contributed by atoms with van der Waals surface area (Å²) in [5.74, 6) is 0.191. The summed E-state index contributed by atoms with van der Waals surface area (Å²) in [5.41, 5.74) is 0.779. The summed E-state index contributed by atoms with van der Waals surface area (Å²) in [6, 6.07) is 7.49. The van der Waals surface area contributed by atoms with E-state index in [-0.39, 0.29) is 5.78 Å². The third-order valence-corrected chi connectivity index (χ3v) is 3.03. The number of rotatable bonds is 8. The lowest BCUT2D eigenvalue weighted by Gasteiger charge is -2.03. The minimum Gasteiger partial charge on any atom is -0.381 e. The first-order valence-corrected chi connectivity index (χ1v) is 6.90. The molecule has 1 aromatic carbocycles. The van der Waals surface area contributed by atoms with Crippen LogP contribution in [0.4, 0.5) is 0 Å². The number of ketones is 1. The molecule has 1 rings (SSSR count). The molecule has 0 amide bonds. The Morgan fingerprint density at radius 2 is 1.82 bits per heavy atom. The number of halogens is 1. The van der Waals surface area contributed by atoms with Crippen LogP contribution in [0.15, 0.2) is 28.7 Å². The van der Waals surface area contributed by atoms with Crippen molar-refractivity contribution in [2.75, 3.05) is 13.2 Å². The predicted molar refractivity (Wildman–Crippen MR) is 73.4 cm³/mol. The van der Waals surface area contributed by atoms with Crippen LogP contribution in [0.1, 0.15) is 43.0 Å². The van der Waals surface area contributed by atoms with Crippen LogP contribution >= 0.6 is 15.9 Å². The van der Waals surface area contributed by atoms with Crippen LogP contribution in [-0.2, 0) is 4.74 Å². The second-order valence-corrected chi connectivity index (χ2v) is 4.92. The van der Waals surface area contributed by atoms with Gasteiger partial charge in [0.15, 0.2) is 5.78 Å². The van der Waals surface area contributed by atoms with Crippen LogP contribution in [0.3, 0.4) is 0 Å². The minimum absolute atomic E-state index is 0.191. The van der Waals surface area contributed by atoms with Crippen molar-refractivity contribution in [3.8, 4) is 0 Å². The van der Waals surface area contributed by atoms with Crippen molar-refractivity contribution in [3.63, 3.8) is 0 Å². The van der Waals surface area contributed by atoms with Gasteiger partial charge in [-0.15, -0.1) is 0 Å². The Kier molecular flexibility index (Phi) is 7.13. The Bertz CT molecular complexity index is 333. The highest BCUT2D eigenvalue weighted by Crippen LogP contribution is 2.12. The van der Waals surface area contributed by atoms with Crippen molar-refractivity contribution < 1.29 is 9.53 Å². The monoisotopic (exact) mass is 298 g/mol. The molecule has 1 aromatic rings. The molecular weight excluding hydrogens is 280 g/mol. The SMILES string of the molecule is CCCCOCCCC(=O)c1ccc(Br)cc1. The number of hydrogen-bond donors (Lipinski definition) is 0. The molecule has 3 heteroatoms. The molecule has 94 valence electrons. The third-order valence-electron chi connectivity index (χ3n) is 2.50. The molecule has 0 unspecified atom stereocenters. The normalized spacial score (nSPS) is 10.5. The maximum absolute atomic E-state index is 11.8. The molecule has 0 aliphatic heterocycles. The van der Waals surface area contributed by atoms with E-state index in [1.165, 1.54) is 0 Å². The molecule has 0 saturated carbocycles. The number of unbranched alkanes of at least 4 members (excludes halogenated alkanes) is 1. The van der Waals surface area contributed by atoms with E-state index in [0.29, 0.717) is 13.0 Å². The molecule has 0 fully saturated rings. The first-order chi connectivity index (χ1) is 8.24. The fourth-order valence-corrected chi connectivity index (χ4v) is 1.73. The van der Waals surface area contributed by atoms with Gasteiger partial charge >= 0.3 is 0 Å². The number of benzene rings is 1. The van der Waals surface area contributed by atoms with Crippen molar-refractivity contribution in [1.82, 2.24) is 0 Å². The smallest absolute Gasteiger partial charge is 0.162 e. The van der Waals surface area contributed by atoms with E-state index in [4.69, 9.17) is 4.74 Å². The molecule has 0 aliphatic rings. The zero-order valence-electron chi connectivity index (χ0n) is 10.2. The molecule has 0 saturated heterocycles. The highest BCUT2D eigenvalue weighted by Gasteiger charge is 2.04. The van der Waals surface area contributed by atoms with Gasteiger partial charge in [0, 0.05) is 29.7 Å². The summed E-state index contributed by atoms with van der Waals surface area (Å²) in [5, 5.41) is 0. The fraction of sp³-hybridized carbons (Fsp3) is 0.500. The molecule has 0 spiro atoms. The Labute approximate surface area is 111 Å². The fourth-order valence-electron chi connectivity index (χ4n) is 1.46. The van der Waals surface area contributed by atoms with Gasteiger partial charge in [-0.1, -0.05) is 41.4 Å². The minimum atomic E-state index is 0.191. The third kappa shape index (κ3) is 5.99. The maximum Gasteiger partial charge on any atom is 0.162 e. The Balaban J connectivity index is 2.19. The average molecular weight is 299 g/mol. The standard InChI is InChI=1S/C14H19BrO2/c1-2-3-10-17-11-4-5-14(16)12-6-8-13(15)9-7-12/h6-9H,2-5,10-11H2,1H3. The van der Waals surface area contributed by atoms with Gasteiger partial charge in [-0.3, -0.25) is 4.79 Å². The van der Waals surface area contributed by atoms with Crippen molar-refractivity contribution in [2.45, 2.75) is 32.6 Å². The zero-order valence-corrected chi connectivity index (χ0v) is 11.8. The summed E-state index contributed by atoms with van der Waals surface area (Å²) in [6.07, 6.45) is 3.62. The van der Waals surface area contributed by atoms with Gasteiger partial charge in [0.2, 0.25) is 0 Å². The van der Waals surface area contributed by atoms with E-state index in [0.717, 1.165) is 35.9 Å². The molecule has 0 heterocycles. The van der Waals surface area contributed by atoms with Crippen LogP contribution in [0.2, 0.25) is 0 Å².